The minimum atomic E-state index is -0.513. The number of ether oxygens (including phenoxy) is 2. The van der Waals surface area contributed by atoms with Crippen LogP contribution in [0.4, 0.5) is 5.69 Å². The summed E-state index contributed by atoms with van der Waals surface area (Å²) in [6.07, 6.45) is -0.380. The Hall–Kier alpha value is -3.26. The fourth-order valence-electron chi connectivity index (χ4n) is 3.41. The molecule has 0 fully saturated rings. The highest BCUT2D eigenvalue weighted by Crippen LogP contribution is 2.31. The summed E-state index contributed by atoms with van der Waals surface area (Å²) < 4.78 is 11.1. The van der Waals surface area contributed by atoms with Gasteiger partial charge in [0.15, 0.2) is 0 Å². The number of hydrazine groups is 1. The van der Waals surface area contributed by atoms with E-state index in [2.05, 4.69) is 10.5 Å². The van der Waals surface area contributed by atoms with E-state index < -0.39 is 5.97 Å². The maximum absolute atomic E-state index is 12.4. The molecular formula is C25H24Cl2N4O3. The molecule has 176 valence electrons. The van der Waals surface area contributed by atoms with Gasteiger partial charge >= 0.3 is 5.97 Å². The number of likely N-dealkylation sites (N-methyl/N-ethyl adjacent to an activating group) is 1. The summed E-state index contributed by atoms with van der Waals surface area (Å²) in [6.45, 7) is 2.45. The van der Waals surface area contributed by atoms with Gasteiger partial charge in [0.25, 0.3) is 0 Å². The number of hydrogen-bond donors (Lipinski definition) is 1. The van der Waals surface area contributed by atoms with Crippen LogP contribution in [0.5, 0.6) is 5.75 Å². The van der Waals surface area contributed by atoms with Crippen molar-refractivity contribution in [3.63, 3.8) is 0 Å². The van der Waals surface area contributed by atoms with Crippen molar-refractivity contribution >= 4 is 40.7 Å². The predicted molar refractivity (Wildman–Crippen MR) is 134 cm³/mol. The number of benzene rings is 3. The molecule has 0 radical (unpaired) electrons. The summed E-state index contributed by atoms with van der Waals surface area (Å²) in [7, 11) is 1.73. The van der Waals surface area contributed by atoms with Crippen LogP contribution in [0.25, 0.3) is 0 Å². The molecule has 1 aliphatic rings. The standard InChI is InChI=1S/C25H24Cl2N4O3/c1-3-33-25(32)24-29-31(21-12-10-20(27)11-13-21)23(28-30(24)2)18-6-14-22(15-7-18)34-16-17-4-8-19(26)9-5-17/h4-15,23,28H,3,16H2,1-2H3. The first-order chi connectivity index (χ1) is 16.4. The molecule has 3 aromatic carbocycles. The number of amidine groups is 1. The topological polar surface area (TPSA) is 66.4 Å². The Balaban J connectivity index is 1.57. The second-order valence-corrected chi connectivity index (χ2v) is 8.41. The van der Waals surface area contributed by atoms with E-state index in [1.807, 2.05) is 60.7 Å². The first-order valence-corrected chi connectivity index (χ1v) is 11.5. The first-order valence-electron chi connectivity index (χ1n) is 10.7. The zero-order valence-corrected chi connectivity index (χ0v) is 20.3. The van der Waals surface area contributed by atoms with Crippen molar-refractivity contribution < 1.29 is 14.3 Å². The van der Waals surface area contributed by atoms with Gasteiger partial charge in [-0.25, -0.2) is 15.2 Å². The molecule has 0 saturated heterocycles. The molecule has 3 aromatic rings. The van der Waals surface area contributed by atoms with E-state index in [9.17, 15) is 4.79 Å². The molecule has 1 N–H and O–H groups in total. The van der Waals surface area contributed by atoms with E-state index in [1.165, 1.54) is 0 Å². The number of esters is 1. The zero-order chi connectivity index (χ0) is 24.1. The molecule has 1 aliphatic heterocycles. The Kier molecular flexibility index (Phi) is 7.57. The second kappa shape index (κ2) is 10.8. The van der Waals surface area contributed by atoms with Crippen molar-refractivity contribution in [2.75, 3.05) is 18.7 Å². The maximum Gasteiger partial charge on any atom is 0.377 e. The molecule has 1 unspecified atom stereocenters. The van der Waals surface area contributed by atoms with Crippen molar-refractivity contribution in [3.8, 4) is 5.75 Å². The van der Waals surface area contributed by atoms with E-state index in [1.54, 1.807) is 36.1 Å². The third-order valence-electron chi connectivity index (χ3n) is 5.14. The van der Waals surface area contributed by atoms with Crippen LogP contribution in [-0.4, -0.2) is 30.5 Å². The van der Waals surface area contributed by atoms with Gasteiger partial charge in [-0.15, -0.1) is 5.10 Å². The highest BCUT2D eigenvalue weighted by atomic mass is 35.5. The summed E-state index contributed by atoms with van der Waals surface area (Å²) in [5.74, 6) is 0.369. The van der Waals surface area contributed by atoms with E-state index in [-0.39, 0.29) is 18.6 Å². The molecule has 0 spiro atoms. The molecule has 0 amide bonds. The van der Waals surface area contributed by atoms with E-state index in [4.69, 9.17) is 32.7 Å². The molecule has 9 heteroatoms. The average Bonchev–Trinajstić information content (AvgIpc) is 2.84. The number of halogens is 2. The smallest absolute Gasteiger partial charge is 0.377 e. The predicted octanol–water partition coefficient (Wildman–Crippen LogP) is 5.40. The van der Waals surface area contributed by atoms with Crippen LogP contribution in [0.2, 0.25) is 10.0 Å². The molecular weight excluding hydrogens is 475 g/mol. The lowest BCUT2D eigenvalue weighted by Crippen LogP contribution is -2.55. The normalized spacial score (nSPS) is 15.6. The maximum atomic E-state index is 12.4. The third-order valence-corrected chi connectivity index (χ3v) is 5.65. The molecule has 0 bridgehead atoms. The Bertz CT molecular complexity index is 1150. The van der Waals surface area contributed by atoms with Crippen LogP contribution in [0, 0.1) is 0 Å². The van der Waals surface area contributed by atoms with Gasteiger partial charge in [-0.2, -0.15) is 0 Å². The Labute approximate surface area is 208 Å². The van der Waals surface area contributed by atoms with Crippen LogP contribution < -0.4 is 15.2 Å². The van der Waals surface area contributed by atoms with Gasteiger partial charge in [-0.1, -0.05) is 47.5 Å². The summed E-state index contributed by atoms with van der Waals surface area (Å²) in [6, 6.07) is 22.5. The second-order valence-electron chi connectivity index (χ2n) is 7.54. The van der Waals surface area contributed by atoms with E-state index in [0.717, 1.165) is 22.6 Å². The lowest BCUT2D eigenvalue weighted by Gasteiger charge is -2.39. The largest absolute Gasteiger partial charge is 0.489 e. The molecule has 1 atom stereocenters. The van der Waals surface area contributed by atoms with Crippen LogP contribution in [0.15, 0.2) is 77.9 Å². The van der Waals surface area contributed by atoms with Crippen LogP contribution in [0.1, 0.15) is 24.2 Å². The lowest BCUT2D eigenvalue weighted by atomic mass is 10.1. The van der Waals surface area contributed by atoms with Gasteiger partial charge in [0.2, 0.25) is 5.84 Å². The number of rotatable bonds is 7. The van der Waals surface area contributed by atoms with E-state index >= 15 is 0 Å². The molecule has 0 aromatic heterocycles. The molecule has 0 saturated carbocycles. The van der Waals surface area contributed by atoms with Crippen molar-refractivity contribution in [1.29, 1.82) is 0 Å². The molecule has 0 aliphatic carbocycles. The number of nitrogens with one attached hydrogen (secondary N) is 1. The van der Waals surface area contributed by atoms with E-state index in [0.29, 0.717) is 16.7 Å². The quantitative estimate of drug-likeness (QED) is 0.439. The van der Waals surface area contributed by atoms with Gasteiger partial charge in [0.1, 0.15) is 18.5 Å². The third kappa shape index (κ3) is 5.62. The molecule has 1 heterocycles. The molecule has 34 heavy (non-hydrogen) atoms. The number of hydrogen-bond acceptors (Lipinski definition) is 7. The van der Waals surface area contributed by atoms with Gasteiger partial charge in [-0.05, 0) is 66.6 Å². The number of carbonyl (C=O) groups excluding carboxylic acids is 1. The highest BCUT2D eigenvalue weighted by Gasteiger charge is 2.32. The van der Waals surface area contributed by atoms with Crippen LogP contribution >= 0.6 is 23.2 Å². The molecule has 7 nitrogen and oxygen atoms in total. The van der Waals surface area contributed by atoms with Crippen LogP contribution in [-0.2, 0) is 16.1 Å². The molecule has 4 rings (SSSR count). The Morgan fingerprint density at radius 2 is 1.59 bits per heavy atom. The van der Waals surface area contributed by atoms with Crippen molar-refractivity contribution in [2.24, 2.45) is 5.10 Å². The zero-order valence-electron chi connectivity index (χ0n) is 18.7. The first kappa shape index (κ1) is 23.9. The minimum Gasteiger partial charge on any atom is -0.489 e. The fourth-order valence-corrected chi connectivity index (χ4v) is 3.66. The number of hydrazone groups is 1. The summed E-state index contributed by atoms with van der Waals surface area (Å²) >= 11 is 12.0. The average molecular weight is 499 g/mol. The highest BCUT2D eigenvalue weighted by molar-refractivity contribution is 6.35. The lowest BCUT2D eigenvalue weighted by molar-refractivity contribution is -0.136. The summed E-state index contributed by atoms with van der Waals surface area (Å²) in [5, 5.41) is 9.20. The fraction of sp³-hybridized carbons (Fsp3) is 0.200. The SMILES string of the molecule is CCOC(=O)C1=NN(c2ccc(Cl)cc2)C(c2ccc(OCc3ccc(Cl)cc3)cc2)NN1C. The van der Waals surface area contributed by atoms with Crippen molar-refractivity contribution in [2.45, 2.75) is 19.7 Å². The number of nitrogens with zero attached hydrogens (tertiary/aromatic N) is 3. The van der Waals surface area contributed by atoms with Crippen molar-refractivity contribution in [1.82, 2.24) is 10.4 Å². The number of carbonyl (C=O) groups is 1. The van der Waals surface area contributed by atoms with Gasteiger partial charge in [-0.3, -0.25) is 5.01 Å². The summed E-state index contributed by atoms with van der Waals surface area (Å²) in [4.78, 5) is 12.4. The van der Waals surface area contributed by atoms with Gasteiger partial charge in [0, 0.05) is 17.1 Å². The van der Waals surface area contributed by atoms with Gasteiger partial charge in [0.05, 0.1) is 12.3 Å². The van der Waals surface area contributed by atoms with Gasteiger partial charge < -0.3 is 9.47 Å². The Morgan fingerprint density at radius 3 is 2.21 bits per heavy atom. The van der Waals surface area contributed by atoms with Crippen LogP contribution in [0.3, 0.4) is 0 Å². The summed E-state index contributed by atoms with van der Waals surface area (Å²) in [5.41, 5.74) is 6.02. The minimum absolute atomic E-state index is 0.149. The Morgan fingerprint density at radius 1 is 0.971 bits per heavy atom. The number of anilines is 1. The van der Waals surface area contributed by atoms with Crippen molar-refractivity contribution in [3.05, 3.63) is 94.0 Å². The monoisotopic (exact) mass is 498 g/mol.